The van der Waals surface area contributed by atoms with Gasteiger partial charge in [-0.3, -0.25) is 4.79 Å². The molecule has 27 heavy (non-hydrogen) atoms. The lowest BCUT2D eigenvalue weighted by Crippen LogP contribution is -2.41. The summed E-state index contributed by atoms with van der Waals surface area (Å²) in [5, 5.41) is 3.19. The van der Waals surface area contributed by atoms with E-state index in [1.54, 1.807) is 0 Å². The highest BCUT2D eigenvalue weighted by atomic mass is 16.5. The number of aryl methyl sites for hydroxylation is 2. The number of ether oxygens (including phenoxy) is 2. The molecule has 4 nitrogen and oxygen atoms in total. The van der Waals surface area contributed by atoms with Gasteiger partial charge >= 0.3 is 0 Å². The second-order valence-corrected chi connectivity index (χ2v) is 7.99. The highest BCUT2D eigenvalue weighted by molar-refractivity contribution is 5.76. The molecule has 1 aliphatic rings. The van der Waals surface area contributed by atoms with Crippen molar-refractivity contribution in [3.05, 3.63) is 59.2 Å². The third-order valence-corrected chi connectivity index (χ3v) is 4.80. The Kier molecular flexibility index (Phi) is 5.73. The fourth-order valence-corrected chi connectivity index (χ4v) is 3.43. The van der Waals surface area contributed by atoms with Crippen LogP contribution in [-0.2, 0) is 4.79 Å². The largest absolute Gasteiger partial charge is 0.494 e. The van der Waals surface area contributed by atoms with Gasteiger partial charge in [-0.2, -0.15) is 0 Å². The van der Waals surface area contributed by atoms with E-state index < -0.39 is 0 Å². The Bertz CT molecular complexity index is 796. The average molecular weight is 367 g/mol. The van der Waals surface area contributed by atoms with Gasteiger partial charge in [-0.1, -0.05) is 35.4 Å². The summed E-state index contributed by atoms with van der Waals surface area (Å²) < 4.78 is 11.8. The zero-order valence-corrected chi connectivity index (χ0v) is 16.7. The Labute approximate surface area is 161 Å². The Morgan fingerprint density at radius 1 is 1.15 bits per heavy atom. The van der Waals surface area contributed by atoms with Crippen molar-refractivity contribution >= 4 is 5.91 Å². The number of hydrogen-bond donors (Lipinski definition) is 1. The van der Waals surface area contributed by atoms with Gasteiger partial charge in [0.25, 0.3) is 0 Å². The molecule has 0 saturated heterocycles. The molecule has 4 heteroatoms. The number of rotatable bonds is 6. The van der Waals surface area contributed by atoms with Crippen LogP contribution in [0.5, 0.6) is 11.5 Å². The number of fused-ring (bicyclic) bond motifs is 1. The number of nitrogens with one attached hydrogen (secondary N) is 1. The van der Waals surface area contributed by atoms with Gasteiger partial charge in [0.2, 0.25) is 5.91 Å². The first-order chi connectivity index (χ1) is 12.8. The number of carbonyl (C=O) groups excluding carboxylic acids is 1. The predicted octanol–water partition coefficient (Wildman–Crippen LogP) is 4.88. The molecule has 0 aliphatic carbocycles. The van der Waals surface area contributed by atoms with Crippen molar-refractivity contribution in [2.45, 2.75) is 58.6 Å². The Morgan fingerprint density at radius 3 is 2.59 bits per heavy atom. The lowest BCUT2D eigenvalue weighted by Gasteiger charge is -2.38. The number of hydrogen-bond acceptors (Lipinski definition) is 3. The number of benzene rings is 2. The second kappa shape index (κ2) is 8.03. The normalized spacial score (nSPS) is 17.6. The summed E-state index contributed by atoms with van der Waals surface area (Å²) in [4.78, 5) is 12.5. The molecule has 144 valence electrons. The molecule has 0 spiro atoms. The van der Waals surface area contributed by atoms with Gasteiger partial charge in [-0.25, -0.2) is 0 Å². The molecule has 0 unspecified atom stereocenters. The molecule has 2 aromatic carbocycles. The first kappa shape index (κ1) is 19.3. The van der Waals surface area contributed by atoms with Crippen LogP contribution in [0.25, 0.3) is 0 Å². The maximum absolute atomic E-state index is 12.5. The molecule has 1 amide bonds. The highest BCUT2D eigenvalue weighted by Gasteiger charge is 2.34. The molecule has 0 bridgehead atoms. The van der Waals surface area contributed by atoms with Crippen molar-refractivity contribution < 1.29 is 14.3 Å². The maximum Gasteiger partial charge on any atom is 0.220 e. The van der Waals surface area contributed by atoms with Crippen molar-refractivity contribution in [2.75, 3.05) is 6.61 Å². The molecule has 3 rings (SSSR count). The predicted molar refractivity (Wildman–Crippen MR) is 107 cm³/mol. The minimum absolute atomic E-state index is 0.0193. The van der Waals surface area contributed by atoms with E-state index in [1.807, 2.05) is 43.3 Å². The van der Waals surface area contributed by atoms with Crippen LogP contribution in [0, 0.1) is 13.8 Å². The smallest absolute Gasteiger partial charge is 0.220 e. The first-order valence-corrected chi connectivity index (χ1v) is 9.61. The van der Waals surface area contributed by atoms with Gasteiger partial charge in [0.1, 0.15) is 17.1 Å². The van der Waals surface area contributed by atoms with Gasteiger partial charge in [-0.05, 0) is 52.3 Å². The quantitative estimate of drug-likeness (QED) is 0.740. The molecular weight excluding hydrogens is 338 g/mol. The standard InChI is InChI=1S/C23H29NO3/c1-16-7-10-18(11-8-16)26-13-5-6-22(25)24-20-15-23(3,4)27-21-12-9-17(2)14-19(20)21/h7-12,14,20H,5-6,13,15H2,1-4H3,(H,24,25)/t20-/m1/s1. The zero-order chi connectivity index (χ0) is 19.4. The lowest BCUT2D eigenvalue weighted by molar-refractivity contribution is -0.122. The Balaban J connectivity index is 1.53. The van der Waals surface area contributed by atoms with Crippen LogP contribution < -0.4 is 14.8 Å². The third kappa shape index (κ3) is 5.25. The summed E-state index contributed by atoms with van der Waals surface area (Å²) in [6.45, 7) is 8.76. The highest BCUT2D eigenvalue weighted by Crippen LogP contribution is 2.39. The topological polar surface area (TPSA) is 47.6 Å². The second-order valence-electron chi connectivity index (χ2n) is 7.99. The summed E-state index contributed by atoms with van der Waals surface area (Å²) in [5.74, 6) is 1.76. The van der Waals surface area contributed by atoms with Gasteiger partial charge in [-0.15, -0.1) is 0 Å². The van der Waals surface area contributed by atoms with E-state index in [4.69, 9.17) is 9.47 Å². The van der Waals surface area contributed by atoms with Gasteiger partial charge in [0, 0.05) is 18.4 Å². The van der Waals surface area contributed by atoms with Gasteiger partial charge in [0.05, 0.1) is 12.6 Å². The molecule has 2 aromatic rings. The maximum atomic E-state index is 12.5. The zero-order valence-electron chi connectivity index (χ0n) is 16.7. The van der Waals surface area contributed by atoms with Crippen molar-refractivity contribution in [2.24, 2.45) is 0 Å². The first-order valence-electron chi connectivity index (χ1n) is 9.61. The van der Waals surface area contributed by atoms with E-state index in [0.29, 0.717) is 19.4 Å². The molecule has 0 fully saturated rings. The molecule has 0 saturated carbocycles. The fraction of sp³-hybridized carbons (Fsp3) is 0.435. The summed E-state index contributed by atoms with van der Waals surface area (Å²) in [7, 11) is 0. The van der Waals surface area contributed by atoms with Crippen LogP contribution in [0.2, 0.25) is 0 Å². The third-order valence-electron chi connectivity index (χ3n) is 4.80. The summed E-state index contributed by atoms with van der Waals surface area (Å²) in [6.07, 6.45) is 1.90. The van der Waals surface area contributed by atoms with Gasteiger partial charge in [0.15, 0.2) is 0 Å². The number of carbonyl (C=O) groups is 1. The van der Waals surface area contributed by atoms with Crippen molar-refractivity contribution in [1.82, 2.24) is 5.32 Å². The van der Waals surface area contributed by atoms with E-state index in [2.05, 4.69) is 32.2 Å². The van der Waals surface area contributed by atoms with Crippen LogP contribution >= 0.6 is 0 Å². The Morgan fingerprint density at radius 2 is 1.85 bits per heavy atom. The summed E-state index contributed by atoms with van der Waals surface area (Å²) in [5.41, 5.74) is 3.15. The minimum atomic E-state index is -0.297. The molecule has 1 N–H and O–H groups in total. The SMILES string of the molecule is Cc1ccc(OCCCC(=O)N[C@@H]2CC(C)(C)Oc3ccc(C)cc32)cc1. The van der Waals surface area contributed by atoms with Crippen LogP contribution in [0.4, 0.5) is 0 Å². The summed E-state index contributed by atoms with van der Waals surface area (Å²) >= 11 is 0. The number of amides is 1. The van der Waals surface area contributed by atoms with Crippen molar-refractivity contribution in [3.63, 3.8) is 0 Å². The summed E-state index contributed by atoms with van der Waals surface area (Å²) in [6, 6.07) is 14.1. The van der Waals surface area contributed by atoms with Crippen LogP contribution in [-0.4, -0.2) is 18.1 Å². The molecule has 1 aliphatic heterocycles. The van der Waals surface area contributed by atoms with Crippen LogP contribution in [0.1, 0.15) is 55.8 Å². The van der Waals surface area contributed by atoms with E-state index in [1.165, 1.54) is 11.1 Å². The van der Waals surface area contributed by atoms with Crippen LogP contribution in [0.3, 0.4) is 0 Å². The van der Waals surface area contributed by atoms with E-state index in [0.717, 1.165) is 23.5 Å². The molecule has 0 radical (unpaired) electrons. The molecule has 1 heterocycles. The minimum Gasteiger partial charge on any atom is -0.494 e. The average Bonchev–Trinajstić information content (AvgIpc) is 2.60. The van der Waals surface area contributed by atoms with Crippen LogP contribution in [0.15, 0.2) is 42.5 Å². The molecule has 0 aromatic heterocycles. The molecule has 1 atom stereocenters. The fourth-order valence-electron chi connectivity index (χ4n) is 3.43. The van der Waals surface area contributed by atoms with Crippen molar-refractivity contribution in [1.29, 1.82) is 0 Å². The van der Waals surface area contributed by atoms with E-state index >= 15 is 0 Å². The van der Waals surface area contributed by atoms with Crippen molar-refractivity contribution in [3.8, 4) is 11.5 Å². The van der Waals surface area contributed by atoms with Gasteiger partial charge < -0.3 is 14.8 Å². The lowest BCUT2D eigenvalue weighted by atomic mass is 9.89. The Hall–Kier alpha value is -2.49. The monoisotopic (exact) mass is 367 g/mol. The molecular formula is C23H29NO3. The van der Waals surface area contributed by atoms with E-state index in [9.17, 15) is 4.79 Å². The van der Waals surface area contributed by atoms with E-state index in [-0.39, 0.29) is 17.6 Å².